The SMILES string of the molecule is COC(=O)C1=COc2ccccc2[C@H]1O. The molecule has 0 saturated heterocycles. The van der Waals surface area contributed by atoms with Gasteiger partial charge in [0, 0.05) is 5.56 Å². The maximum atomic E-state index is 11.3. The predicted molar refractivity (Wildman–Crippen MR) is 52.1 cm³/mol. The second kappa shape index (κ2) is 3.74. The number of fused-ring (bicyclic) bond motifs is 1. The summed E-state index contributed by atoms with van der Waals surface area (Å²) >= 11 is 0. The van der Waals surface area contributed by atoms with Crippen LogP contribution in [0, 0.1) is 0 Å². The Hall–Kier alpha value is -1.81. The molecule has 0 fully saturated rings. The van der Waals surface area contributed by atoms with Gasteiger partial charge in [-0.15, -0.1) is 0 Å². The van der Waals surface area contributed by atoms with Gasteiger partial charge in [0.2, 0.25) is 0 Å². The molecule has 1 aromatic rings. The molecule has 1 N–H and O–H groups in total. The predicted octanol–water partition coefficient (Wildman–Crippen LogP) is 1.17. The molecule has 1 heterocycles. The molecule has 0 unspecified atom stereocenters. The molecule has 0 saturated carbocycles. The van der Waals surface area contributed by atoms with Gasteiger partial charge in [-0.2, -0.15) is 0 Å². The second-order valence-corrected chi connectivity index (χ2v) is 3.12. The Morgan fingerprint density at radius 2 is 2.20 bits per heavy atom. The Kier molecular flexibility index (Phi) is 2.43. The van der Waals surface area contributed by atoms with E-state index in [1.165, 1.54) is 13.4 Å². The number of carbonyl (C=O) groups excluding carboxylic acids is 1. The van der Waals surface area contributed by atoms with E-state index in [4.69, 9.17) is 4.74 Å². The maximum Gasteiger partial charge on any atom is 0.339 e. The van der Waals surface area contributed by atoms with Crippen molar-refractivity contribution in [2.45, 2.75) is 6.10 Å². The molecule has 15 heavy (non-hydrogen) atoms. The molecule has 0 spiro atoms. The highest BCUT2D eigenvalue weighted by Gasteiger charge is 2.27. The molecule has 2 rings (SSSR count). The third-order valence-electron chi connectivity index (χ3n) is 2.24. The highest BCUT2D eigenvalue weighted by atomic mass is 16.5. The lowest BCUT2D eigenvalue weighted by Gasteiger charge is -2.20. The summed E-state index contributed by atoms with van der Waals surface area (Å²) in [4.78, 5) is 11.3. The van der Waals surface area contributed by atoms with E-state index in [1.54, 1.807) is 24.3 Å². The normalized spacial score (nSPS) is 18.5. The maximum absolute atomic E-state index is 11.3. The van der Waals surface area contributed by atoms with E-state index < -0.39 is 12.1 Å². The first kappa shape index (κ1) is 9.73. The van der Waals surface area contributed by atoms with Crippen molar-refractivity contribution < 1.29 is 19.4 Å². The van der Waals surface area contributed by atoms with Crippen molar-refractivity contribution in [2.24, 2.45) is 0 Å². The Morgan fingerprint density at radius 3 is 2.93 bits per heavy atom. The molecule has 78 valence electrons. The van der Waals surface area contributed by atoms with Gasteiger partial charge in [-0.05, 0) is 6.07 Å². The van der Waals surface area contributed by atoms with Gasteiger partial charge in [0.15, 0.2) is 0 Å². The van der Waals surface area contributed by atoms with Crippen LogP contribution in [-0.2, 0) is 9.53 Å². The smallest absolute Gasteiger partial charge is 0.339 e. The standard InChI is InChI=1S/C11H10O4/c1-14-11(13)8-6-15-9-5-3-2-4-7(9)10(8)12/h2-6,10,12H,1H3/t10-/m1/s1. The number of ether oxygens (including phenoxy) is 2. The minimum Gasteiger partial charge on any atom is -0.465 e. The fourth-order valence-corrected chi connectivity index (χ4v) is 1.45. The average Bonchev–Trinajstić information content (AvgIpc) is 2.29. The highest BCUT2D eigenvalue weighted by Crippen LogP contribution is 2.34. The molecule has 0 radical (unpaired) electrons. The number of carbonyl (C=O) groups is 1. The van der Waals surface area contributed by atoms with Gasteiger partial charge in [0.1, 0.15) is 23.7 Å². The number of hydrogen-bond acceptors (Lipinski definition) is 4. The summed E-state index contributed by atoms with van der Waals surface area (Å²) in [5.41, 5.74) is 0.677. The van der Waals surface area contributed by atoms with Gasteiger partial charge in [-0.3, -0.25) is 0 Å². The van der Waals surface area contributed by atoms with Crippen molar-refractivity contribution in [3.8, 4) is 5.75 Å². The minimum absolute atomic E-state index is 0.108. The summed E-state index contributed by atoms with van der Waals surface area (Å²) in [5.74, 6) is -0.0327. The zero-order chi connectivity index (χ0) is 10.8. The number of esters is 1. The van der Waals surface area contributed by atoms with Gasteiger partial charge in [-0.25, -0.2) is 4.79 Å². The van der Waals surface area contributed by atoms with Crippen LogP contribution in [0.25, 0.3) is 0 Å². The number of para-hydroxylation sites is 1. The molecule has 4 nitrogen and oxygen atoms in total. The van der Waals surface area contributed by atoms with Crippen LogP contribution in [0.5, 0.6) is 5.75 Å². The zero-order valence-corrected chi connectivity index (χ0v) is 8.14. The first-order valence-corrected chi connectivity index (χ1v) is 4.46. The van der Waals surface area contributed by atoms with Crippen LogP contribution in [-0.4, -0.2) is 18.2 Å². The Morgan fingerprint density at radius 1 is 1.47 bits per heavy atom. The molecule has 1 atom stereocenters. The molecule has 0 bridgehead atoms. The molecule has 0 amide bonds. The number of methoxy groups -OCH3 is 1. The first-order chi connectivity index (χ1) is 7.24. The molecule has 1 aromatic carbocycles. The molecular weight excluding hydrogens is 196 g/mol. The summed E-state index contributed by atoms with van der Waals surface area (Å²) in [6.45, 7) is 0. The third kappa shape index (κ3) is 1.59. The van der Waals surface area contributed by atoms with Crippen LogP contribution >= 0.6 is 0 Å². The lowest BCUT2D eigenvalue weighted by atomic mass is 10.00. The number of aliphatic hydroxyl groups excluding tert-OH is 1. The molecule has 0 aromatic heterocycles. The number of rotatable bonds is 1. The molecule has 0 aliphatic carbocycles. The van der Waals surface area contributed by atoms with Crippen LogP contribution in [0.4, 0.5) is 0 Å². The van der Waals surface area contributed by atoms with E-state index in [0.29, 0.717) is 11.3 Å². The first-order valence-electron chi connectivity index (χ1n) is 4.46. The van der Waals surface area contributed by atoms with Crippen molar-refractivity contribution in [1.29, 1.82) is 0 Å². The van der Waals surface area contributed by atoms with Crippen LogP contribution in [0.1, 0.15) is 11.7 Å². The quantitative estimate of drug-likeness (QED) is 0.701. The van der Waals surface area contributed by atoms with E-state index in [0.717, 1.165) is 0 Å². The summed E-state index contributed by atoms with van der Waals surface area (Å²) in [6.07, 6.45) is 0.237. The van der Waals surface area contributed by atoms with Gasteiger partial charge < -0.3 is 14.6 Å². The number of aliphatic hydroxyl groups is 1. The van der Waals surface area contributed by atoms with Gasteiger partial charge in [0.05, 0.1) is 7.11 Å². The van der Waals surface area contributed by atoms with E-state index in [9.17, 15) is 9.90 Å². The Balaban J connectivity index is 2.37. The summed E-state index contributed by atoms with van der Waals surface area (Å²) < 4.78 is 9.73. The van der Waals surface area contributed by atoms with Crippen LogP contribution in [0.2, 0.25) is 0 Å². The Labute approximate surface area is 86.7 Å². The van der Waals surface area contributed by atoms with Gasteiger partial charge in [-0.1, -0.05) is 18.2 Å². The lowest BCUT2D eigenvalue weighted by molar-refractivity contribution is -0.137. The zero-order valence-electron chi connectivity index (χ0n) is 8.14. The van der Waals surface area contributed by atoms with Crippen molar-refractivity contribution in [3.05, 3.63) is 41.7 Å². The van der Waals surface area contributed by atoms with Crippen molar-refractivity contribution in [3.63, 3.8) is 0 Å². The van der Waals surface area contributed by atoms with Crippen molar-refractivity contribution >= 4 is 5.97 Å². The largest absolute Gasteiger partial charge is 0.465 e. The third-order valence-corrected chi connectivity index (χ3v) is 2.24. The van der Waals surface area contributed by atoms with Crippen molar-refractivity contribution in [1.82, 2.24) is 0 Å². The topological polar surface area (TPSA) is 55.8 Å². The monoisotopic (exact) mass is 206 g/mol. The van der Waals surface area contributed by atoms with Crippen molar-refractivity contribution in [2.75, 3.05) is 7.11 Å². The van der Waals surface area contributed by atoms with E-state index >= 15 is 0 Å². The highest BCUT2D eigenvalue weighted by molar-refractivity contribution is 5.90. The fourth-order valence-electron chi connectivity index (χ4n) is 1.45. The minimum atomic E-state index is -0.984. The molecule has 1 aliphatic heterocycles. The summed E-state index contributed by atoms with van der Waals surface area (Å²) in [7, 11) is 1.26. The van der Waals surface area contributed by atoms with E-state index in [2.05, 4.69) is 4.74 Å². The second-order valence-electron chi connectivity index (χ2n) is 3.12. The molecular formula is C11H10O4. The summed E-state index contributed by atoms with van der Waals surface area (Å²) in [6, 6.07) is 6.99. The van der Waals surface area contributed by atoms with E-state index in [1.807, 2.05) is 0 Å². The summed E-state index contributed by atoms with van der Waals surface area (Å²) in [5, 5.41) is 9.87. The number of hydrogen-bond donors (Lipinski definition) is 1. The average molecular weight is 206 g/mol. The number of benzene rings is 1. The van der Waals surface area contributed by atoms with E-state index in [-0.39, 0.29) is 5.57 Å². The van der Waals surface area contributed by atoms with Gasteiger partial charge >= 0.3 is 5.97 Å². The fraction of sp³-hybridized carbons (Fsp3) is 0.182. The Bertz CT molecular complexity index is 422. The van der Waals surface area contributed by atoms with Crippen LogP contribution < -0.4 is 4.74 Å². The van der Waals surface area contributed by atoms with Crippen LogP contribution in [0.3, 0.4) is 0 Å². The van der Waals surface area contributed by atoms with Gasteiger partial charge in [0.25, 0.3) is 0 Å². The van der Waals surface area contributed by atoms with Crippen LogP contribution in [0.15, 0.2) is 36.1 Å². The lowest BCUT2D eigenvalue weighted by Crippen LogP contribution is -2.17. The molecule has 4 heteroatoms. The molecule has 1 aliphatic rings.